The average Bonchev–Trinajstić information content (AvgIpc) is 2.79. The lowest BCUT2D eigenvalue weighted by atomic mass is 10.1. The van der Waals surface area contributed by atoms with Gasteiger partial charge in [-0.05, 0) is 41.5 Å². The number of thiophene rings is 1. The summed E-state index contributed by atoms with van der Waals surface area (Å²) in [5.74, 6) is 0. The maximum Gasteiger partial charge on any atom is 0.0702 e. The van der Waals surface area contributed by atoms with E-state index >= 15 is 0 Å². The molecule has 2 rings (SSSR count). The lowest BCUT2D eigenvalue weighted by molar-refractivity contribution is 0.0654. The Morgan fingerprint density at radius 2 is 2.28 bits per heavy atom. The van der Waals surface area contributed by atoms with Crippen LogP contribution in [0.15, 0.2) is 15.9 Å². The summed E-state index contributed by atoms with van der Waals surface area (Å²) in [5, 5.41) is 0. The molecule has 1 aliphatic rings. The van der Waals surface area contributed by atoms with Crippen LogP contribution in [-0.4, -0.2) is 49.1 Å². The van der Waals surface area contributed by atoms with E-state index < -0.39 is 0 Å². The zero-order valence-corrected chi connectivity index (χ0v) is 13.5. The van der Waals surface area contributed by atoms with Gasteiger partial charge in [0.25, 0.3) is 0 Å². The molecule has 102 valence electrons. The van der Waals surface area contributed by atoms with Crippen molar-refractivity contribution >= 4 is 27.3 Å². The lowest BCUT2D eigenvalue weighted by Gasteiger charge is -2.42. The number of hydrogen-bond acceptors (Lipinski definition) is 4. The second-order valence-electron chi connectivity index (χ2n) is 4.93. The SMILES string of the molecule is CCC1CN(C(CN)c2ccc(Br)s2)CCN1C. The molecule has 0 spiro atoms. The van der Waals surface area contributed by atoms with Crippen molar-refractivity contribution in [2.45, 2.75) is 25.4 Å². The molecule has 3 nitrogen and oxygen atoms in total. The maximum absolute atomic E-state index is 6.00. The number of rotatable bonds is 4. The molecular weight excluding hydrogens is 310 g/mol. The summed E-state index contributed by atoms with van der Waals surface area (Å²) in [6.07, 6.45) is 1.21. The highest BCUT2D eigenvalue weighted by molar-refractivity contribution is 9.11. The van der Waals surface area contributed by atoms with E-state index in [4.69, 9.17) is 5.73 Å². The molecule has 5 heteroatoms. The molecule has 1 aromatic rings. The number of nitrogens with two attached hydrogens (primary N) is 1. The molecule has 2 heterocycles. The smallest absolute Gasteiger partial charge is 0.0702 e. The van der Waals surface area contributed by atoms with E-state index in [0.717, 1.165) is 19.6 Å². The van der Waals surface area contributed by atoms with E-state index in [1.165, 1.54) is 15.1 Å². The van der Waals surface area contributed by atoms with Crippen LogP contribution in [0, 0.1) is 0 Å². The Labute approximate surface area is 122 Å². The van der Waals surface area contributed by atoms with Crippen molar-refractivity contribution in [3.63, 3.8) is 0 Å². The van der Waals surface area contributed by atoms with Gasteiger partial charge in [-0.15, -0.1) is 11.3 Å². The molecule has 1 saturated heterocycles. The van der Waals surface area contributed by atoms with E-state index in [1.807, 2.05) is 0 Å². The second-order valence-corrected chi connectivity index (χ2v) is 7.43. The van der Waals surface area contributed by atoms with E-state index in [1.54, 1.807) is 11.3 Å². The van der Waals surface area contributed by atoms with E-state index in [9.17, 15) is 0 Å². The van der Waals surface area contributed by atoms with Gasteiger partial charge in [-0.25, -0.2) is 0 Å². The van der Waals surface area contributed by atoms with Crippen LogP contribution in [0.4, 0.5) is 0 Å². The summed E-state index contributed by atoms with van der Waals surface area (Å²) in [7, 11) is 2.23. The fourth-order valence-electron chi connectivity index (χ4n) is 2.65. The first kappa shape index (κ1) is 14.5. The number of hydrogen-bond donors (Lipinski definition) is 1. The van der Waals surface area contributed by atoms with Gasteiger partial charge in [0.1, 0.15) is 0 Å². The molecule has 0 aliphatic carbocycles. The van der Waals surface area contributed by atoms with E-state index in [2.05, 4.69) is 51.8 Å². The molecule has 0 saturated carbocycles. The highest BCUT2D eigenvalue weighted by Gasteiger charge is 2.28. The maximum atomic E-state index is 6.00. The Hall–Kier alpha value is 0.0600. The predicted octanol–water partition coefficient (Wildman–Crippen LogP) is 2.54. The predicted molar refractivity (Wildman–Crippen MR) is 82.1 cm³/mol. The van der Waals surface area contributed by atoms with Gasteiger partial charge in [-0.3, -0.25) is 4.90 Å². The zero-order chi connectivity index (χ0) is 13.1. The Kier molecular flexibility index (Phi) is 5.21. The van der Waals surface area contributed by atoms with Crippen molar-refractivity contribution in [1.82, 2.24) is 9.80 Å². The molecule has 0 aromatic carbocycles. The minimum absolute atomic E-state index is 0.379. The van der Waals surface area contributed by atoms with Gasteiger partial charge >= 0.3 is 0 Å². The highest BCUT2D eigenvalue weighted by atomic mass is 79.9. The van der Waals surface area contributed by atoms with Crippen LogP contribution in [-0.2, 0) is 0 Å². The van der Waals surface area contributed by atoms with Gasteiger partial charge < -0.3 is 10.6 Å². The number of likely N-dealkylation sites (N-methyl/N-ethyl adjacent to an activating group) is 1. The topological polar surface area (TPSA) is 32.5 Å². The summed E-state index contributed by atoms with van der Waals surface area (Å²) in [6.45, 7) is 6.35. The summed E-state index contributed by atoms with van der Waals surface area (Å²) in [5.41, 5.74) is 6.00. The second kappa shape index (κ2) is 6.48. The van der Waals surface area contributed by atoms with Gasteiger partial charge in [0.05, 0.1) is 9.83 Å². The molecule has 1 fully saturated rings. The Morgan fingerprint density at radius 3 is 2.83 bits per heavy atom. The molecule has 0 radical (unpaired) electrons. The summed E-state index contributed by atoms with van der Waals surface area (Å²) in [6, 6.07) is 5.36. The van der Waals surface area contributed by atoms with Crippen LogP contribution in [0.2, 0.25) is 0 Å². The molecule has 18 heavy (non-hydrogen) atoms. The molecular formula is C13H22BrN3S. The molecule has 2 N–H and O–H groups in total. The van der Waals surface area contributed by atoms with Crippen molar-refractivity contribution in [2.75, 3.05) is 33.2 Å². The van der Waals surface area contributed by atoms with Crippen LogP contribution in [0.3, 0.4) is 0 Å². The van der Waals surface area contributed by atoms with Crippen molar-refractivity contribution < 1.29 is 0 Å². The van der Waals surface area contributed by atoms with Gasteiger partial charge in [-0.1, -0.05) is 6.92 Å². The minimum Gasteiger partial charge on any atom is -0.329 e. The first-order valence-electron chi connectivity index (χ1n) is 6.55. The fourth-order valence-corrected chi connectivity index (χ4v) is 4.22. The zero-order valence-electron chi connectivity index (χ0n) is 11.1. The van der Waals surface area contributed by atoms with Crippen molar-refractivity contribution in [1.29, 1.82) is 0 Å². The van der Waals surface area contributed by atoms with Crippen molar-refractivity contribution in [3.8, 4) is 0 Å². The molecule has 1 aromatic heterocycles. The van der Waals surface area contributed by atoms with Crippen molar-refractivity contribution in [2.24, 2.45) is 5.73 Å². The third-order valence-corrected chi connectivity index (χ3v) is 5.59. The fraction of sp³-hybridized carbons (Fsp3) is 0.692. The molecule has 1 aliphatic heterocycles. The largest absolute Gasteiger partial charge is 0.329 e. The van der Waals surface area contributed by atoms with E-state index in [-0.39, 0.29) is 0 Å². The van der Waals surface area contributed by atoms with Crippen LogP contribution in [0.5, 0.6) is 0 Å². The molecule has 0 bridgehead atoms. The number of nitrogens with zero attached hydrogens (tertiary/aromatic N) is 2. The quantitative estimate of drug-likeness (QED) is 0.920. The molecule has 2 unspecified atom stereocenters. The summed E-state index contributed by atoms with van der Waals surface area (Å²) >= 11 is 5.34. The summed E-state index contributed by atoms with van der Waals surface area (Å²) < 4.78 is 1.19. The van der Waals surface area contributed by atoms with Gasteiger partial charge in [0.2, 0.25) is 0 Å². The third-order valence-electron chi connectivity index (χ3n) is 3.87. The number of halogens is 1. The van der Waals surface area contributed by atoms with Crippen LogP contribution < -0.4 is 5.73 Å². The average molecular weight is 332 g/mol. The summed E-state index contributed by atoms with van der Waals surface area (Å²) in [4.78, 5) is 6.39. The first-order chi connectivity index (χ1) is 8.65. The van der Waals surface area contributed by atoms with Gasteiger partial charge in [-0.2, -0.15) is 0 Å². The normalized spacial score (nSPS) is 24.3. The Bertz CT molecular complexity index is 382. The van der Waals surface area contributed by atoms with E-state index in [0.29, 0.717) is 18.6 Å². The standard InChI is InChI=1S/C13H22BrN3S/c1-3-10-9-17(7-6-16(10)2)11(8-15)12-4-5-13(14)18-12/h4-5,10-11H,3,6-9,15H2,1-2H3. The molecule has 2 atom stereocenters. The Morgan fingerprint density at radius 1 is 1.50 bits per heavy atom. The van der Waals surface area contributed by atoms with Crippen molar-refractivity contribution in [3.05, 3.63) is 20.8 Å². The minimum atomic E-state index is 0.379. The third kappa shape index (κ3) is 3.14. The highest BCUT2D eigenvalue weighted by Crippen LogP contribution is 2.31. The van der Waals surface area contributed by atoms with Crippen LogP contribution in [0.1, 0.15) is 24.3 Å². The first-order valence-corrected chi connectivity index (χ1v) is 8.16. The number of piperazine rings is 1. The van der Waals surface area contributed by atoms with Gasteiger partial charge in [0.15, 0.2) is 0 Å². The Balaban J connectivity index is 2.09. The molecule has 0 amide bonds. The van der Waals surface area contributed by atoms with Gasteiger partial charge in [0, 0.05) is 37.1 Å². The lowest BCUT2D eigenvalue weighted by Crippen LogP contribution is -2.52. The van der Waals surface area contributed by atoms with Crippen LogP contribution in [0.25, 0.3) is 0 Å². The van der Waals surface area contributed by atoms with Crippen LogP contribution >= 0.6 is 27.3 Å². The monoisotopic (exact) mass is 331 g/mol.